The summed E-state index contributed by atoms with van der Waals surface area (Å²) in [5.74, 6) is 1.64. The minimum atomic E-state index is -0.151. The SMILES string of the molecule is CC(C)CN1CCOC(CNC(=O)c2cccc3c2OCCO3)C1. The molecule has 0 bridgehead atoms. The number of fused-ring (bicyclic) bond motifs is 1. The summed E-state index contributed by atoms with van der Waals surface area (Å²) in [4.78, 5) is 14.9. The molecule has 24 heavy (non-hydrogen) atoms. The summed E-state index contributed by atoms with van der Waals surface area (Å²) < 4.78 is 16.9. The van der Waals surface area contributed by atoms with E-state index in [1.165, 1.54) is 0 Å². The van der Waals surface area contributed by atoms with E-state index in [4.69, 9.17) is 14.2 Å². The summed E-state index contributed by atoms with van der Waals surface area (Å²) >= 11 is 0. The van der Waals surface area contributed by atoms with E-state index < -0.39 is 0 Å². The maximum Gasteiger partial charge on any atom is 0.255 e. The summed E-state index contributed by atoms with van der Waals surface area (Å²) in [6, 6.07) is 5.39. The van der Waals surface area contributed by atoms with Crippen molar-refractivity contribution in [2.24, 2.45) is 5.92 Å². The molecule has 132 valence electrons. The number of hydrogen-bond donors (Lipinski definition) is 1. The summed E-state index contributed by atoms with van der Waals surface area (Å²) in [7, 11) is 0. The Morgan fingerprint density at radius 3 is 2.96 bits per heavy atom. The average molecular weight is 334 g/mol. The normalized spacial score (nSPS) is 20.9. The van der Waals surface area contributed by atoms with Gasteiger partial charge in [0.2, 0.25) is 0 Å². The van der Waals surface area contributed by atoms with Gasteiger partial charge in [0.25, 0.3) is 5.91 Å². The zero-order chi connectivity index (χ0) is 16.9. The van der Waals surface area contributed by atoms with Crippen molar-refractivity contribution in [1.82, 2.24) is 10.2 Å². The fourth-order valence-corrected chi connectivity index (χ4v) is 3.14. The number of ether oxygens (including phenoxy) is 3. The lowest BCUT2D eigenvalue weighted by Crippen LogP contribution is -2.48. The molecule has 2 aliphatic heterocycles. The number of benzene rings is 1. The number of para-hydroxylation sites is 1. The third-order valence-electron chi connectivity index (χ3n) is 4.15. The molecule has 0 spiro atoms. The molecule has 2 heterocycles. The van der Waals surface area contributed by atoms with Crippen molar-refractivity contribution in [1.29, 1.82) is 0 Å². The van der Waals surface area contributed by atoms with E-state index in [0.717, 1.165) is 19.6 Å². The van der Waals surface area contributed by atoms with Gasteiger partial charge in [-0.2, -0.15) is 0 Å². The molecule has 1 N–H and O–H groups in total. The smallest absolute Gasteiger partial charge is 0.255 e. The molecular weight excluding hydrogens is 308 g/mol. The molecule has 2 aliphatic rings. The van der Waals surface area contributed by atoms with Crippen molar-refractivity contribution < 1.29 is 19.0 Å². The first kappa shape index (κ1) is 17.0. The number of nitrogens with one attached hydrogen (secondary N) is 1. The van der Waals surface area contributed by atoms with Crippen molar-refractivity contribution in [3.63, 3.8) is 0 Å². The van der Waals surface area contributed by atoms with Crippen LogP contribution in [0.2, 0.25) is 0 Å². The minimum Gasteiger partial charge on any atom is -0.486 e. The molecule has 1 amide bonds. The zero-order valence-corrected chi connectivity index (χ0v) is 14.4. The molecule has 6 nitrogen and oxygen atoms in total. The van der Waals surface area contributed by atoms with Gasteiger partial charge in [0.1, 0.15) is 13.2 Å². The average Bonchev–Trinajstić information content (AvgIpc) is 2.59. The monoisotopic (exact) mass is 334 g/mol. The third-order valence-corrected chi connectivity index (χ3v) is 4.15. The van der Waals surface area contributed by atoms with Crippen LogP contribution in [-0.4, -0.2) is 62.9 Å². The van der Waals surface area contributed by atoms with Crippen LogP contribution < -0.4 is 14.8 Å². The van der Waals surface area contributed by atoms with Crippen LogP contribution in [0.4, 0.5) is 0 Å². The van der Waals surface area contributed by atoms with Gasteiger partial charge in [0.05, 0.1) is 18.3 Å². The van der Waals surface area contributed by atoms with Crippen LogP contribution >= 0.6 is 0 Å². The summed E-state index contributed by atoms with van der Waals surface area (Å²) in [5, 5.41) is 2.97. The van der Waals surface area contributed by atoms with E-state index in [9.17, 15) is 4.79 Å². The number of hydrogen-bond acceptors (Lipinski definition) is 5. The Balaban J connectivity index is 1.56. The molecule has 1 aromatic rings. The zero-order valence-electron chi connectivity index (χ0n) is 14.4. The van der Waals surface area contributed by atoms with Crippen molar-refractivity contribution >= 4 is 5.91 Å². The number of nitrogens with zero attached hydrogens (tertiary/aromatic N) is 1. The van der Waals surface area contributed by atoms with Crippen molar-refractivity contribution in [3.05, 3.63) is 23.8 Å². The highest BCUT2D eigenvalue weighted by Crippen LogP contribution is 2.33. The van der Waals surface area contributed by atoms with E-state index in [2.05, 4.69) is 24.1 Å². The fourth-order valence-electron chi connectivity index (χ4n) is 3.14. The Kier molecular flexibility index (Phi) is 5.58. The molecular formula is C18H26N2O4. The predicted octanol–water partition coefficient (Wildman–Crippen LogP) is 1.54. The maximum absolute atomic E-state index is 12.5. The summed E-state index contributed by atoms with van der Waals surface area (Å²) in [6.07, 6.45) is 0.0261. The predicted molar refractivity (Wildman–Crippen MR) is 90.8 cm³/mol. The van der Waals surface area contributed by atoms with Crippen molar-refractivity contribution in [3.8, 4) is 11.5 Å². The molecule has 3 rings (SSSR count). The van der Waals surface area contributed by atoms with E-state index >= 15 is 0 Å². The van der Waals surface area contributed by atoms with E-state index in [-0.39, 0.29) is 12.0 Å². The van der Waals surface area contributed by atoms with E-state index in [1.807, 2.05) is 12.1 Å². The van der Waals surface area contributed by atoms with Gasteiger partial charge in [-0.05, 0) is 18.1 Å². The lowest BCUT2D eigenvalue weighted by molar-refractivity contribution is -0.0295. The van der Waals surface area contributed by atoms with Gasteiger partial charge < -0.3 is 19.5 Å². The molecule has 0 radical (unpaired) electrons. The fraction of sp³-hybridized carbons (Fsp3) is 0.611. The summed E-state index contributed by atoms with van der Waals surface area (Å²) in [6.45, 7) is 9.49. The largest absolute Gasteiger partial charge is 0.486 e. The highest BCUT2D eigenvalue weighted by molar-refractivity contribution is 5.97. The van der Waals surface area contributed by atoms with Gasteiger partial charge in [0.15, 0.2) is 11.5 Å². The van der Waals surface area contributed by atoms with Gasteiger partial charge >= 0.3 is 0 Å². The van der Waals surface area contributed by atoms with E-state index in [0.29, 0.717) is 49.3 Å². The first-order valence-electron chi connectivity index (χ1n) is 8.64. The van der Waals surface area contributed by atoms with Gasteiger partial charge in [-0.15, -0.1) is 0 Å². The summed E-state index contributed by atoms with van der Waals surface area (Å²) in [5.41, 5.74) is 0.516. The maximum atomic E-state index is 12.5. The molecule has 1 fully saturated rings. The first-order valence-corrected chi connectivity index (χ1v) is 8.64. The van der Waals surface area contributed by atoms with Crippen molar-refractivity contribution in [2.45, 2.75) is 20.0 Å². The Bertz CT molecular complexity index is 576. The second kappa shape index (κ2) is 7.85. The van der Waals surface area contributed by atoms with Gasteiger partial charge in [-0.1, -0.05) is 19.9 Å². The van der Waals surface area contributed by atoms with Gasteiger partial charge in [0, 0.05) is 26.2 Å². The minimum absolute atomic E-state index is 0.0261. The topological polar surface area (TPSA) is 60.0 Å². The van der Waals surface area contributed by atoms with Crippen LogP contribution in [0.15, 0.2) is 18.2 Å². The highest BCUT2D eigenvalue weighted by Gasteiger charge is 2.24. The van der Waals surface area contributed by atoms with Crippen LogP contribution in [-0.2, 0) is 4.74 Å². The molecule has 6 heteroatoms. The second-order valence-corrected chi connectivity index (χ2v) is 6.69. The Hall–Kier alpha value is -1.79. The van der Waals surface area contributed by atoms with Crippen molar-refractivity contribution in [2.75, 3.05) is 46.0 Å². The first-order chi connectivity index (χ1) is 11.6. The number of amides is 1. The van der Waals surface area contributed by atoms with Gasteiger partial charge in [-0.3, -0.25) is 9.69 Å². The number of rotatable bonds is 5. The lowest BCUT2D eigenvalue weighted by atomic mass is 10.1. The van der Waals surface area contributed by atoms with Crippen LogP contribution in [0, 0.1) is 5.92 Å². The Morgan fingerprint density at radius 1 is 1.29 bits per heavy atom. The second-order valence-electron chi connectivity index (χ2n) is 6.69. The quantitative estimate of drug-likeness (QED) is 0.885. The Morgan fingerprint density at radius 2 is 2.12 bits per heavy atom. The molecule has 0 saturated carbocycles. The number of carbonyl (C=O) groups excluding carboxylic acids is 1. The molecule has 0 aromatic heterocycles. The van der Waals surface area contributed by atoms with Crippen LogP contribution in [0.25, 0.3) is 0 Å². The molecule has 0 aliphatic carbocycles. The molecule has 1 saturated heterocycles. The molecule has 1 atom stereocenters. The Labute approximate surface area is 143 Å². The van der Waals surface area contributed by atoms with Crippen LogP contribution in [0.5, 0.6) is 11.5 Å². The van der Waals surface area contributed by atoms with Gasteiger partial charge in [-0.25, -0.2) is 0 Å². The lowest BCUT2D eigenvalue weighted by Gasteiger charge is -2.34. The third kappa shape index (κ3) is 4.19. The molecule has 1 aromatic carbocycles. The number of morpholine rings is 1. The van der Waals surface area contributed by atoms with Crippen LogP contribution in [0.1, 0.15) is 24.2 Å². The van der Waals surface area contributed by atoms with E-state index in [1.54, 1.807) is 6.07 Å². The van der Waals surface area contributed by atoms with Crippen LogP contribution in [0.3, 0.4) is 0 Å². The number of carbonyl (C=O) groups is 1. The molecule has 1 unspecified atom stereocenters. The standard InChI is InChI=1S/C18H26N2O4/c1-13(2)11-20-6-7-22-14(12-20)10-19-18(21)15-4-3-5-16-17(15)24-9-8-23-16/h3-5,13-14H,6-12H2,1-2H3,(H,19,21). The highest BCUT2D eigenvalue weighted by atomic mass is 16.6.